The maximum absolute atomic E-state index is 14.6. The van der Waals surface area contributed by atoms with Crippen molar-refractivity contribution in [3.8, 4) is 0 Å². The number of rotatable bonds is 11. The fraction of sp³-hybridized carbons (Fsp3) is 0.333. The monoisotopic (exact) mass is 637 g/mol. The van der Waals surface area contributed by atoms with Crippen LogP contribution in [0.25, 0.3) is 0 Å². The number of nitrogen functional groups attached to an aromatic ring is 1. The number of benzene rings is 3. The van der Waals surface area contributed by atoms with E-state index < -0.39 is 41.6 Å². The number of urea groups is 1. The molecule has 1 aliphatic heterocycles. The van der Waals surface area contributed by atoms with Crippen LogP contribution in [0.2, 0.25) is 5.02 Å². The minimum absolute atomic E-state index is 0.00430. The third-order valence-corrected chi connectivity index (χ3v) is 7.72. The number of hydrogen-bond donors (Lipinski definition) is 4. The van der Waals surface area contributed by atoms with Crippen LogP contribution in [0.3, 0.4) is 0 Å². The number of anilines is 1. The van der Waals surface area contributed by atoms with E-state index in [0.29, 0.717) is 29.0 Å². The Morgan fingerprint density at radius 1 is 1.18 bits per heavy atom. The number of oxime groups is 1. The number of imide groups is 1. The number of carbonyl (C=O) groups is 3. The molecule has 1 heterocycles. The summed E-state index contributed by atoms with van der Waals surface area (Å²) in [6.45, 7) is 3.89. The van der Waals surface area contributed by atoms with E-state index in [1.54, 1.807) is 55.5 Å². The summed E-state index contributed by atoms with van der Waals surface area (Å²) in [5.74, 6) is -2.05. The van der Waals surface area contributed by atoms with Gasteiger partial charge in [0.05, 0.1) is 18.5 Å². The summed E-state index contributed by atoms with van der Waals surface area (Å²) >= 11 is 6.07. The Labute approximate surface area is 266 Å². The van der Waals surface area contributed by atoms with Gasteiger partial charge in [-0.15, -0.1) is 0 Å². The van der Waals surface area contributed by atoms with Crippen molar-refractivity contribution in [2.24, 2.45) is 11.1 Å². The first-order chi connectivity index (χ1) is 21.6. The van der Waals surface area contributed by atoms with Gasteiger partial charge in [-0.2, -0.15) is 0 Å². The molecule has 45 heavy (non-hydrogen) atoms. The summed E-state index contributed by atoms with van der Waals surface area (Å²) < 4.78 is 14.6. The first kappa shape index (κ1) is 33.4. The molecule has 4 rings (SSSR count). The highest BCUT2D eigenvalue weighted by Crippen LogP contribution is 2.29. The Hall–Kier alpha value is -4.48. The second-order valence-electron chi connectivity index (χ2n) is 10.7. The number of nitrogens with two attached hydrogens (primary N) is 1. The largest absolute Gasteiger partial charge is 0.398 e. The number of halogens is 2. The van der Waals surface area contributed by atoms with E-state index in [0.717, 1.165) is 4.90 Å². The fourth-order valence-electron chi connectivity index (χ4n) is 5.13. The van der Waals surface area contributed by atoms with Crippen molar-refractivity contribution in [1.82, 2.24) is 15.5 Å². The first-order valence-electron chi connectivity index (χ1n) is 14.8. The number of aliphatic hydroxyl groups excluding tert-OH is 1. The van der Waals surface area contributed by atoms with E-state index in [1.807, 2.05) is 6.92 Å². The number of aliphatic hydroxyl groups is 1. The van der Waals surface area contributed by atoms with Crippen LogP contribution in [-0.2, 0) is 16.1 Å². The van der Waals surface area contributed by atoms with Crippen LogP contribution in [-0.4, -0.2) is 53.3 Å². The zero-order valence-electron chi connectivity index (χ0n) is 25.1. The summed E-state index contributed by atoms with van der Waals surface area (Å²) in [7, 11) is 0. The molecule has 1 saturated heterocycles. The van der Waals surface area contributed by atoms with Crippen LogP contribution in [0.1, 0.15) is 65.9 Å². The number of Topliss-reactive ketones (excluding diaryl/α,β-unsaturated/α-hetero) is 1. The lowest BCUT2D eigenvalue weighted by Gasteiger charge is -2.26. The molecule has 238 valence electrons. The van der Waals surface area contributed by atoms with Crippen molar-refractivity contribution in [3.63, 3.8) is 0 Å². The van der Waals surface area contributed by atoms with Crippen LogP contribution in [0.15, 0.2) is 71.9 Å². The lowest BCUT2D eigenvalue weighted by Crippen LogP contribution is -2.48. The van der Waals surface area contributed by atoms with Gasteiger partial charge in [-0.1, -0.05) is 72.6 Å². The van der Waals surface area contributed by atoms with Gasteiger partial charge in [-0.05, 0) is 55.2 Å². The van der Waals surface area contributed by atoms with E-state index in [2.05, 4.69) is 15.8 Å². The second kappa shape index (κ2) is 15.5. The zero-order valence-corrected chi connectivity index (χ0v) is 25.9. The highest BCUT2D eigenvalue weighted by molar-refractivity contribution is 6.30. The van der Waals surface area contributed by atoms with Gasteiger partial charge in [0.2, 0.25) is 5.91 Å². The molecule has 0 aromatic heterocycles. The number of nitrogens with zero attached hydrogens (tertiary/aromatic N) is 2. The highest BCUT2D eigenvalue weighted by atomic mass is 35.5. The second-order valence-corrected chi connectivity index (χ2v) is 11.1. The highest BCUT2D eigenvalue weighted by Gasteiger charge is 2.35. The number of ketones is 1. The molecule has 0 bridgehead atoms. The summed E-state index contributed by atoms with van der Waals surface area (Å²) in [6, 6.07) is 16.2. The Bertz CT molecular complexity index is 1550. The summed E-state index contributed by atoms with van der Waals surface area (Å²) in [4.78, 5) is 46.5. The minimum atomic E-state index is -1.47. The van der Waals surface area contributed by atoms with Crippen LogP contribution >= 0.6 is 11.6 Å². The van der Waals surface area contributed by atoms with Gasteiger partial charge in [-0.3, -0.25) is 14.5 Å². The van der Waals surface area contributed by atoms with E-state index in [9.17, 15) is 23.9 Å². The van der Waals surface area contributed by atoms with Crippen LogP contribution in [0.4, 0.5) is 14.9 Å². The molecular weight excluding hydrogens is 601 g/mol. The molecule has 3 aromatic rings. The number of nitrogens with one attached hydrogen (secondary N) is 2. The molecule has 1 aliphatic rings. The van der Waals surface area contributed by atoms with Gasteiger partial charge >= 0.3 is 6.03 Å². The van der Waals surface area contributed by atoms with Gasteiger partial charge in [0.1, 0.15) is 18.5 Å². The smallest absolute Gasteiger partial charge is 0.325 e. The van der Waals surface area contributed by atoms with Gasteiger partial charge in [-0.25, -0.2) is 9.18 Å². The molecule has 12 heteroatoms. The van der Waals surface area contributed by atoms with Crippen LogP contribution in [0, 0.1) is 11.7 Å². The first-order valence-corrected chi connectivity index (χ1v) is 15.2. The van der Waals surface area contributed by atoms with Crippen molar-refractivity contribution >= 4 is 40.8 Å². The maximum atomic E-state index is 14.6. The maximum Gasteiger partial charge on any atom is 0.325 e. The topological polar surface area (TPSA) is 146 Å². The summed E-state index contributed by atoms with van der Waals surface area (Å²) in [5, 5.41) is 21.1. The lowest BCUT2D eigenvalue weighted by molar-refractivity contribution is -0.131. The SMILES string of the molecule is CCC[C@@H](NC(=O)N1CC(=NOCC)NC[C@@H](Cc2cc(Cl)ccc2F)C1=O)c1ccc(C(O)C(=O)c2ccccc2)c(N)c1. The van der Waals surface area contributed by atoms with Crippen molar-refractivity contribution in [3.05, 3.63) is 99.8 Å². The Balaban J connectivity index is 1.57. The average molecular weight is 638 g/mol. The quantitative estimate of drug-likeness (QED) is 0.129. The van der Waals surface area contributed by atoms with Gasteiger partial charge in [0.25, 0.3) is 0 Å². The predicted octanol–water partition coefficient (Wildman–Crippen LogP) is 5.17. The molecule has 0 spiro atoms. The van der Waals surface area contributed by atoms with Crippen molar-refractivity contribution in [2.75, 3.05) is 25.4 Å². The van der Waals surface area contributed by atoms with Gasteiger partial charge < -0.3 is 26.3 Å². The molecule has 0 radical (unpaired) electrons. The molecule has 3 aromatic carbocycles. The van der Waals surface area contributed by atoms with Crippen molar-refractivity contribution < 1.29 is 28.7 Å². The fourth-order valence-corrected chi connectivity index (χ4v) is 5.33. The number of carbonyl (C=O) groups excluding carboxylic acids is 3. The number of hydrogen-bond acceptors (Lipinski definition) is 7. The molecule has 3 atom stereocenters. The zero-order chi connectivity index (χ0) is 32.5. The van der Waals surface area contributed by atoms with Crippen molar-refractivity contribution in [2.45, 2.75) is 45.3 Å². The molecule has 3 amide bonds. The van der Waals surface area contributed by atoms with E-state index in [4.69, 9.17) is 22.2 Å². The summed E-state index contributed by atoms with van der Waals surface area (Å²) in [6.07, 6.45) is -0.269. The average Bonchev–Trinajstić information content (AvgIpc) is 3.19. The molecular formula is C33H37ClFN5O5. The lowest BCUT2D eigenvalue weighted by atomic mass is 9.94. The minimum Gasteiger partial charge on any atom is -0.398 e. The molecule has 5 N–H and O–H groups in total. The molecule has 1 fully saturated rings. The third-order valence-electron chi connectivity index (χ3n) is 7.49. The number of amidine groups is 1. The standard InChI is InChI=1S/C33H37ClFN5O5/c1-3-8-28(21-11-13-25(27(36)17-21)31(42)30(41)20-9-6-5-7-10-20)38-33(44)40-19-29(39-45-4-2)37-18-23(32(40)43)15-22-16-24(34)12-14-26(22)35/h5-7,9-14,16-17,23,28,31,42H,3-4,8,15,18-19,36H2,1-2H3,(H,37,39)(H,38,44)/t23-,28-,31?/m1/s1. The third kappa shape index (κ3) is 8.37. The van der Waals surface area contributed by atoms with E-state index >= 15 is 0 Å². The van der Waals surface area contributed by atoms with E-state index in [-0.39, 0.29) is 48.8 Å². The summed E-state index contributed by atoms with van der Waals surface area (Å²) in [5.41, 5.74) is 7.96. The molecule has 0 saturated carbocycles. The molecule has 1 unspecified atom stereocenters. The van der Waals surface area contributed by atoms with E-state index in [1.165, 1.54) is 18.2 Å². The van der Waals surface area contributed by atoms with Crippen LogP contribution in [0.5, 0.6) is 0 Å². The van der Waals surface area contributed by atoms with Crippen molar-refractivity contribution in [1.29, 1.82) is 0 Å². The number of amides is 3. The predicted molar refractivity (Wildman–Crippen MR) is 170 cm³/mol. The van der Waals surface area contributed by atoms with Gasteiger partial charge in [0.15, 0.2) is 11.6 Å². The Kier molecular flexibility index (Phi) is 11.5. The molecule has 0 aliphatic carbocycles. The van der Waals surface area contributed by atoms with Crippen LogP contribution < -0.4 is 16.4 Å². The Morgan fingerprint density at radius 2 is 1.93 bits per heavy atom. The normalized spacial score (nSPS) is 17.3. The van der Waals surface area contributed by atoms with Gasteiger partial charge in [0, 0.05) is 28.4 Å². The Morgan fingerprint density at radius 3 is 2.62 bits per heavy atom. The molecule has 10 nitrogen and oxygen atoms in total.